The van der Waals surface area contributed by atoms with Gasteiger partial charge in [-0.1, -0.05) is 48.5 Å². The van der Waals surface area contributed by atoms with Crippen LogP contribution in [0.4, 0.5) is 11.4 Å². The van der Waals surface area contributed by atoms with Gasteiger partial charge in [0.2, 0.25) is 0 Å². The molecule has 0 aliphatic heterocycles. The number of nitrogens with zero attached hydrogens (tertiary/aromatic N) is 3. The molecule has 3 aromatic carbocycles. The number of aromatic nitrogens is 3. The summed E-state index contributed by atoms with van der Waals surface area (Å²) in [6.45, 7) is 0.602. The average Bonchev–Trinajstić information content (AvgIpc) is 3.24. The van der Waals surface area contributed by atoms with Crippen LogP contribution in [0, 0.1) is 0 Å². The van der Waals surface area contributed by atoms with Crippen LogP contribution in [-0.4, -0.2) is 20.7 Å². The van der Waals surface area contributed by atoms with Gasteiger partial charge in [-0.15, -0.1) is 0 Å². The number of nitrogens with one attached hydrogen (secondary N) is 1. The molecule has 0 bridgehead atoms. The molecule has 6 heteroatoms. The second-order valence-corrected chi connectivity index (χ2v) is 7.56. The fourth-order valence-corrected chi connectivity index (χ4v) is 3.60. The van der Waals surface area contributed by atoms with E-state index in [0.717, 1.165) is 27.7 Å². The molecule has 1 amide bonds. The van der Waals surface area contributed by atoms with E-state index in [-0.39, 0.29) is 5.91 Å². The van der Waals surface area contributed by atoms with E-state index in [9.17, 15) is 4.79 Å². The number of pyridine rings is 1. The van der Waals surface area contributed by atoms with E-state index >= 15 is 0 Å². The lowest BCUT2D eigenvalue weighted by Crippen LogP contribution is -2.13. The molecule has 156 valence electrons. The molecule has 0 spiro atoms. The third-order valence-corrected chi connectivity index (χ3v) is 5.30. The molecule has 3 N–H and O–H groups in total. The maximum absolute atomic E-state index is 12.8. The summed E-state index contributed by atoms with van der Waals surface area (Å²) in [4.78, 5) is 17.1. The highest BCUT2D eigenvalue weighted by Gasteiger charge is 2.10. The molecule has 0 unspecified atom stereocenters. The lowest BCUT2D eigenvalue weighted by atomic mass is 10.0. The van der Waals surface area contributed by atoms with Gasteiger partial charge in [-0.05, 0) is 53.1 Å². The summed E-state index contributed by atoms with van der Waals surface area (Å²) < 4.78 is 1.85. The van der Waals surface area contributed by atoms with Crippen molar-refractivity contribution in [2.75, 3.05) is 11.1 Å². The summed E-state index contributed by atoms with van der Waals surface area (Å²) in [6.07, 6.45) is 3.70. The fraction of sp³-hybridized carbons (Fsp3) is 0.0385. The van der Waals surface area contributed by atoms with Gasteiger partial charge in [0.25, 0.3) is 5.91 Å². The second kappa shape index (κ2) is 8.35. The normalized spacial score (nSPS) is 10.9. The highest BCUT2D eigenvalue weighted by Crippen LogP contribution is 2.27. The molecule has 0 aliphatic carbocycles. The van der Waals surface area contributed by atoms with Crippen molar-refractivity contribution in [1.29, 1.82) is 0 Å². The summed E-state index contributed by atoms with van der Waals surface area (Å²) in [5.74, 6) is -0.206. The number of nitrogens with two attached hydrogens (primary N) is 1. The smallest absolute Gasteiger partial charge is 0.255 e. The summed E-state index contributed by atoms with van der Waals surface area (Å²) in [5.41, 5.74) is 11.6. The van der Waals surface area contributed by atoms with Crippen molar-refractivity contribution in [3.63, 3.8) is 0 Å². The minimum atomic E-state index is -0.206. The number of anilines is 2. The first kappa shape index (κ1) is 19.5. The van der Waals surface area contributed by atoms with Crippen molar-refractivity contribution in [2.24, 2.45) is 0 Å². The first-order valence-corrected chi connectivity index (χ1v) is 10.3. The Morgan fingerprint density at radius 2 is 1.72 bits per heavy atom. The Morgan fingerprint density at radius 1 is 0.906 bits per heavy atom. The second-order valence-electron chi connectivity index (χ2n) is 7.56. The summed E-state index contributed by atoms with van der Waals surface area (Å²) in [7, 11) is 0. The van der Waals surface area contributed by atoms with E-state index in [2.05, 4.69) is 15.4 Å². The van der Waals surface area contributed by atoms with Gasteiger partial charge >= 0.3 is 0 Å². The molecule has 5 aromatic rings. The number of hydrogen-bond acceptors (Lipinski definition) is 4. The molecule has 5 rings (SSSR count). The van der Waals surface area contributed by atoms with Gasteiger partial charge in [-0.3, -0.25) is 9.48 Å². The number of hydrogen-bond donors (Lipinski definition) is 2. The van der Waals surface area contributed by atoms with E-state index in [1.165, 1.54) is 0 Å². The van der Waals surface area contributed by atoms with Crippen molar-refractivity contribution in [3.05, 3.63) is 108 Å². The van der Waals surface area contributed by atoms with Gasteiger partial charge in [-0.25, -0.2) is 4.98 Å². The van der Waals surface area contributed by atoms with Crippen molar-refractivity contribution >= 4 is 28.3 Å². The lowest BCUT2D eigenvalue weighted by Gasteiger charge is -2.11. The Balaban J connectivity index is 1.31. The van der Waals surface area contributed by atoms with E-state index < -0.39 is 0 Å². The Morgan fingerprint density at radius 3 is 2.50 bits per heavy atom. The van der Waals surface area contributed by atoms with Gasteiger partial charge in [0.1, 0.15) is 0 Å². The SMILES string of the molecule is Nc1ccc(-c2ccccc2)cc1NC(=O)c1ccc(Cn2cc3cccnc3n2)cc1. The molecular formula is C26H21N5O. The number of carbonyl (C=O) groups is 1. The first-order chi connectivity index (χ1) is 15.7. The molecule has 0 saturated carbocycles. The average molecular weight is 419 g/mol. The third kappa shape index (κ3) is 4.06. The van der Waals surface area contributed by atoms with Crippen LogP contribution in [0.5, 0.6) is 0 Å². The van der Waals surface area contributed by atoms with Crippen LogP contribution in [0.3, 0.4) is 0 Å². The Bertz CT molecular complexity index is 1360. The highest BCUT2D eigenvalue weighted by molar-refractivity contribution is 6.06. The molecule has 2 heterocycles. The van der Waals surface area contributed by atoms with Crippen LogP contribution in [0.2, 0.25) is 0 Å². The molecule has 0 fully saturated rings. The van der Waals surface area contributed by atoms with Crippen molar-refractivity contribution in [3.8, 4) is 11.1 Å². The number of benzene rings is 3. The minimum Gasteiger partial charge on any atom is -0.397 e. The molecule has 0 aliphatic rings. The number of carbonyl (C=O) groups excluding carboxylic acids is 1. The largest absolute Gasteiger partial charge is 0.397 e. The van der Waals surface area contributed by atoms with Crippen molar-refractivity contribution < 1.29 is 4.79 Å². The van der Waals surface area contributed by atoms with Crippen LogP contribution in [0.15, 0.2) is 97.3 Å². The van der Waals surface area contributed by atoms with Crippen LogP contribution >= 0.6 is 0 Å². The zero-order valence-corrected chi connectivity index (χ0v) is 17.3. The molecule has 0 atom stereocenters. The van der Waals surface area contributed by atoms with Crippen LogP contribution in [0.1, 0.15) is 15.9 Å². The molecular weight excluding hydrogens is 398 g/mol. The molecule has 0 saturated heterocycles. The van der Waals surface area contributed by atoms with Crippen molar-refractivity contribution in [1.82, 2.24) is 14.8 Å². The topological polar surface area (TPSA) is 85.8 Å². The van der Waals surface area contributed by atoms with Crippen LogP contribution in [-0.2, 0) is 6.54 Å². The first-order valence-electron chi connectivity index (χ1n) is 10.3. The van der Waals surface area contributed by atoms with Gasteiger partial charge in [0, 0.05) is 23.3 Å². The van der Waals surface area contributed by atoms with Crippen molar-refractivity contribution in [2.45, 2.75) is 6.54 Å². The molecule has 0 radical (unpaired) electrons. The van der Waals surface area contributed by atoms with Gasteiger partial charge in [-0.2, -0.15) is 5.10 Å². The maximum Gasteiger partial charge on any atom is 0.255 e. The van der Waals surface area contributed by atoms with Crippen LogP contribution in [0.25, 0.3) is 22.2 Å². The monoisotopic (exact) mass is 419 g/mol. The summed E-state index contributed by atoms with van der Waals surface area (Å²) >= 11 is 0. The molecule has 6 nitrogen and oxygen atoms in total. The van der Waals surface area contributed by atoms with E-state index in [0.29, 0.717) is 23.5 Å². The maximum atomic E-state index is 12.8. The Labute approximate surface area is 185 Å². The number of rotatable bonds is 5. The predicted octanol–water partition coefficient (Wildman–Crippen LogP) is 4.98. The quantitative estimate of drug-likeness (QED) is 0.393. The van der Waals surface area contributed by atoms with Gasteiger partial charge in [0.15, 0.2) is 5.65 Å². The number of fused-ring (bicyclic) bond motifs is 1. The minimum absolute atomic E-state index is 0.206. The lowest BCUT2D eigenvalue weighted by molar-refractivity contribution is 0.102. The number of amides is 1. The van der Waals surface area contributed by atoms with Crippen LogP contribution < -0.4 is 11.1 Å². The number of nitrogen functional groups attached to an aromatic ring is 1. The zero-order chi connectivity index (χ0) is 21.9. The molecule has 32 heavy (non-hydrogen) atoms. The Kier molecular flexibility index (Phi) is 5.09. The standard InChI is InChI=1S/C26H21N5O/c27-23-13-12-21(19-5-2-1-3-6-19)15-24(23)29-26(32)20-10-8-18(9-11-20)16-31-17-22-7-4-14-28-25(22)30-31/h1-15,17H,16,27H2,(H,29,32). The highest BCUT2D eigenvalue weighted by atomic mass is 16.1. The van der Waals surface area contributed by atoms with E-state index in [1.807, 2.05) is 95.8 Å². The molecule has 2 aromatic heterocycles. The van der Waals surface area contributed by atoms with Gasteiger partial charge < -0.3 is 11.1 Å². The van der Waals surface area contributed by atoms with E-state index in [4.69, 9.17) is 5.73 Å². The fourth-order valence-electron chi connectivity index (χ4n) is 3.60. The Hall–Kier alpha value is -4.45. The zero-order valence-electron chi connectivity index (χ0n) is 17.3. The summed E-state index contributed by atoms with van der Waals surface area (Å²) in [6, 6.07) is 27.0. The predicted molar refractivity (Wildman–Crippen MR) is 127 cm³/mol. The summed E-state index contributed by atoms with van der Waals surface area (Å²) in [5, 5.41) is 8.41. The van der Waals surface area contributed by atoms with E-state index in [1.54, 1.807) is 6.20 Å². The third-order valence-electron chi connectivity index (χ3n) is 5.30. The van der Waals surface area contributed by atoms with Gasteiger partial charge in [0.05, 0.1) is 17.9 Å².